The highest BCUT2D eigenvalue weighted by Crippen LogP contribution is 2.67. The van der Waals surface area contributed by atoms with Gasteiger partial charge in [0.05, 0.1) is 6.10 Å². The molecule has 3 fully saturated rings. The molecule has 0 aliphatic heterocycles. The van der Waals surface area contributed by atoms with Crippen molar-refractivity contribution in [3.63, 3.8) is 0 Å². The average Bonchev–Trinajstić information content (AvgIpc) is 3.04. The third kappa shape index (κ3) is 3.77. The first-order valence-electron chi connectivity index (χ1n) is 12.8. The molecule has 0 aromatic carbocycles. The summed E-state index contributed by atoms with van der Waals surface area (Å²) in [5.41, 5.74) is 2.69. The molecule has 3 saturated carbocycles. The van der Waals surface area contributed by atoms with Crippen molar-refractivity contribution in [2.24, 2.45) is 46.3 Å². The molecule has 2 radical (unpaired) electrons. The summed E-state index contributed by atoms with van der Waals surface area (Å²) in [4.78, 5) is 0. The minimum absolute atomic E-state index is 0.252. The Kier molecular flexibility index (Phi) is 6.29. The van der Waals surface area contributed by atoms with E-state index in [-0.39, 0.29) is 6.10 Å². The molecule has 0 heterocycles. The summed E-state index contributed by atoms with van der Waals surface area (Å²) in [6.45, 7) is 12.6. The predicted octanol–water partition coefficient (Wildman–Crippen LogP) is 8.08. The molecule has 0 amide bonds. The van der Waals surface area contributed by atoms with Crippen LogP contribution in [0.1, 0.15) is 105 Å². The monoisotopic (exact) mass is 398 g/mol. The molecule has 4 aliphatic rings. The summed E-state index contributed by atoms with van der Waals surface area (Å²) in [5, 5.41) is 0. The number of hydrogen-bond donors (Lipinski definition) is 0. The molecule has 29 heavy (non-hydrogen) atoms. The fourth-order valence-electron chi connectivity index (χ4n) is 8.77. The van der Waals surface area contributed by atoms with Crippen LogP contribution in [0.15, 0.2) is 11.6 Å². The maximum absolute atomic E-state index is 5.55. The number of hydrogen-bond acceptors (Lipinski definition) is 1. The molecule has 4 aliphatic carbocycles. The minimum atomic E-state index is 0.252. The van der Waals surface area contributed by atoms with Gasteiger partial charge in [0.25, 0.3) is 0 Å². The first kappa shape index (κ1) is 21.9. The van der Waals surface area contributed by atoms with Crippen LogP contribution in [0.3, 0.4) is 0 Å². The van der Waals surface area contributed by atoms with E-state index in [1.165, 1.54) is 57.8 Å². The van der Waals surface area contributed by atoms with Crippen LogP contribution in [0.2, 0.25) is 0 Å². The van der Waals surface area contributed by atoms with E-state index in [1.807, 2.05) is 0 Å². The Bertz CT molecular complexity index is 605. The summed E-state index contributed by atoms with van der Waals surface area (Å²) in [6, 6.07) is 0. The number of ether oxygens (including phenoxy) is 1. The highest BCUT2D eigenvalue weighted by molar-refractivity contribution is 5.25. The third-order valence-electron chi connectivity index (χ3n) is 10.5. The fourth-order valence-corrected chi connectivity index (χ4v) is 8.77. The molecule has 0 aromatic rings. The Morgan fingerprint density at radius 1 is 1.03 bits per heavy atom. The normalized spacial score (nSPS) is 45.3. The Balaban J connectivity index is 1.48. The van der Waals surface area contributed by atoms with Crippen LogP contribution in [0, 0.1) is 53.4 Å². The topological polar surface area (TPSA) is 9.23 Å². The van der Waals surface area contributed by atoms with E-state index in [2.05, 4.69) is 40.7 Å². The first-order valence-corrected chi connectivity index (χ1v) is 12.8. The second-order valence-corrected chi connectivity index (χ2v) is 12.3. The van der Waals surface area contributed by atoms with Crippen molar-refractivity contribution < 1.29 is 4.74 Å². The van der Waals surface area contributed by atoms with Crippen LogP contribution in [0.5, 0.6) is 0 Å². The van der Waals surface area contributed by atoms with Gasteiger partial charge in [-0.05, 0) is 97.7 Å². The van der Waals surface area contributed by atoms with Crippen LogP contribution in [-0.4, -0.2) is 6.10 Å². The van der Waals surface area contributed by atoms with Crippen molar-refractivity contribution in [2.45, 2.75) is 111 Å². The molecule has 0 bridgehead atoms. The highest BCUT2D eigenvalue weighted by atomic mass is 16.5. The molecule has 0 unspecified atom stereocenters. The quantitative estimate of drug-likeness (QED) is 0.411. The molecule has 0 spiro atoms. The van der Waals surface area contributed by atoms with E-state index in [0.29, 0.717) is 10.8 Å². The maximum atomic E-state index is 5.55. The molecule has 4 rings (SSSR count). The van der Waals surface area contributed by atoms with Crippen molar-refractivity contribution >= 4 is 0 Å². The van der Waals surface area contributed by atoms with Gasteiger partial charge in [0.1, 0.15) is 7.11 Å². The average molecular weight is 399 g/mol. The molecule has 0 N–H and O–H groups in total. The van der Waals surface area contributed by atoms with E-state index in [1.54, 1.807) is 5.57 Å². The molecular formula is C28H46O. The third-order valence-corrected chi connectivity index (χ3v) is 10.5. The first-order chi connectivity index (χ1) is 13.8. The molecule has 0 aromatic heterocycles. The van der Waals surface area contributed by atoms with Crippen molar-refractivity contribution in [1.29, 1.82) is 0 Å². The largest absolute Gasteiger partial charge is 0.369 e. The molecule has 164 valence electrons. The zero-order valence-corrected chi connectivity index (χ0v) is 19.9. The van der Waals surface area contributed by atoms with Crippen LogP contribution < -0.4 is 0 Å². The van der Waals surface area contributed by atoms with Gasteiger partial charge in [0.15, 0.2) is 0 Å². The summed E-state index contributed by atoms with van der Waals surface area (Å²) >= 11 is 0. The van der Waals surface area contributed by atoms with Gasteiger partial charge in [0, 0.05) is 0 Å². The van der Waals surface area contributed by atoms with Gasteiger partial charge >= 0.3 is 0 Å². The Morgan fingerprint density at radius 2 is 1.83 bits per heavy atom. The van der Waals surface area contributed by atoms with Crippen molar-refractivity contribution in [3.8, 4) is 0 Å². The zero-order valence-electron chi connectivity index (χ0n) is 19.9. The summed E-state index contributed by atoms with van der Waals surface area (Å²) < 4.78 is 5.25. The van der Waals surface area contributed by atoms with Gasteiger partial charge in [-0.25, -0.2) is 0 Å². The lowest BCUT2D eigenvalue weighted by atomic mass is 9.47. The van der Waals surface area contributed by atoms with Crippen LogP contribution >= 0.6 is 0 Å². The summed E-state index contributed by atoms with van der Waals surface area (Å²) in [6.07, 6.45) is 17.9. The standard InChI is InChI=1S/C28H46O/c1-19(2)8-7-9-20(3)24-12-13-25-23-11-10-21-18-22(29-6)14-16-27(21,4)26(23)15-17-28(24,25)5/h6,10,19-20,22-26H,7-9,11-18H2,1-5H3/t20-,22+,23+,24-,25+,26+,27+,28-/m1/s1. The second kappa shape index (κ2) is 8.33. The number of allylic oxidation sites excluding steroid dienone is 1. The fraction of sp³-hybridized carbons (Fsp3) is 0.893. The van der Waals surface area contributed by atoms with Crippen LogP contribution in [0.25, 0.3) is 0 Å². The molecular weight excluding hydrogens is 352 g/mol. The van der Waals surface area contributed by atoms with Crippen molar-refractivity contribution in [3.05, 3.63) is 18.8 Å². The maximum Gasteiger partial charge on any atom is 0.115 e. The van der Waals surface area contributed by atoms with Crippen molar-refractivity contribution in [2.75, 3.05) is 0 Å². The second-order valence-electron chi connectivity index (χ2n) is 12.3. The SMILES string of the molecule is [CH]O[C@H]1CC[C@@]2(C)C(=CC[C@H]3[C@@H]4CC[C@H]([C@H](C)CCCC(C)C)[C@@]4(C)CC[C@@H]32)C1. The van der Waals surface area contributed by atoms with E-state index < -0.39 is 0 Å². The van der Waals surface area contributed by atoms with Crippen molar-refractivity contribution in [1.82, 2.24) is 0 Å². The van der Waals surface area contributed by atoms with E-state index in [4.69, 9.17) is 11.8 Å². The van der Waals surface area contributed by atoms with E-state index in [0.717, 1.165) is 48.3 Å². The lowest BCUT2D eigenvalue weighted by Crippen LogP contribution is -2.50. The predicted molar refractivity (Wildman–Crippen MR) is 122 cm³/mol. The summed E-state index contributed by atoms with van der Waals surface area (Å²) in [5.74, 6) is 5.49. The molecule has 1 heteroatoms. The van der Waals surface area contributed by atoms with Gasteiger partial charge in [-0.1, -0.05) is 65.5 Å². The lowest BCUT2D eigenvalue weighted by molar-refractivity contribution is -0.0583. The van der Waals surface area contributed by atoms with Gasteiger partial charge in [-0.15, -0.1) is 0 Å². The van der Waals surface area contributed by atoms with Gasteiger partial charge < -0.3 is 4.74 Å². The summed E-state index contributed by atoms with van der Waals surface area (Å²) in [7, 11) is 5.55. The number of rotatable bonds is 6. The molecule has 1 nitrogen and oxygen atoms in total. The van der Waals surface area contributed by atoms with E-state index >= 15 is 0 Å². The minimum Gasteiger partial charge on any atom is -0.369 e. The van der Waals surface area contributed by atoms with Crippen LogP contribution in [-0.2, 0) is 4.74 Å². The molecule has 0 saturated heterocycles. The van der Waals surface area contributed by atoms with Gasteiger partial charge in [-0.2, -0.15) is 0 Å². The van der Waals surface area contributed by atoms with Crippen LogP contribution in [0.4, 0.5) is 0 Å². The zero-order chi connectivity index (χ0) is 20.8. The molecule has 8 atom stereocenters. The Labute approximate surface area is 181 Å². The van der Waals surface area contributed by atoms with Gasteiger partial charge in [-0.3, -0.25) is 0 Å². The van der Waals surface area contributed by atoms with Gasteiger partial charge in [0.2, 0.25) is 0 Å². The Morgan fingerprint density at radius 3 is 2.55 bits per heavy atom. The number of fused-ring (bicyclic) bond motifs is 5. The lowest BCUT2D eigenvalue weighted by Gasteiger charge is -2.58. The van der Waals surface area contributed by atoms with E-state index in [9.17, 15) is 0 Å². The smallest absolute Gasteiger partial charge is 0.115 e. The highest BCUT2D eigenvalue weighted by Gasteiger charge is 2.59. The Hall–Kier alpha value is -0.300.